The van der Waals surface area contributed by atoms with E-state index in [9.17, 15) is 0 Å². The van der Waals surface area contributed by atoms with Gasteiger partial charge in [-0.25, -0.2) is 5.84 Å². The Labute approximate surface area is 83.8 Å². The summed E-state index contributed by atoms with van der Waals surface area (Å²) < 4.78 is 5.46. The first-order valence-corrected chi connectivity index (χ1v) is 4.47. The van der Waals surface area contributed by atoms with Crippen LogP contribution >= 0.6 is 0 Å². The largest absolute Gasteiger partial charge is 0.493 e. The molecule has 4 nitrogen and oxygen atoms in total. The number of hydrazine groups is 1. The molecule has 1 aromatic rings. The first-order valence-electron chi connectivity index (χ1n) is 4.47. The summed E-state index contributed by atoms with van der Waals surface area (Å²) in [5.74, 6) is 6.82. The van der Waals surface area contributed by atoms with Crippen molar-refractivity contribution in [3.8, 4) is 5.75 Å². The predicted molar refractivity (Wildman–Crippen MR) is 57.2 cm³/mol. The minimum Gasteiger partial charge on any atom is -0.493 e. The number of rotatable bonds is 4. The Hall–Kier alpha value is -1.55. The molecule has 0 atom stereocenters. The van der Waals surface area contributed by atoms with Crippen molar-refractivity contribution < 1.29 is 4.74 Å². The predicted octanol–water partition coefficient (Wildman–Crippen LogP) is 0.947. The van der Waals surface area contributed by atoms with Gasteiger partial charge in [0.25, 0.3) is 0 Å². The Balaban J connectivity index is 2.29. The van der Waals surface area contributed by atoms with E-state index >= 15 is 0 Å². The highest BCUT2D eigenvalue weighted by atomic mass is 16.5. The second-order valence-electron chi connectivity index (χ2n) is 2.73. The van der Waals surface area contributed by atoms with Gasteiger partial charge in [-0.2, -0.15) is 0 Å². The molecule has 0 aliphatic carbocycles. The lowest BCUT2D eigenvalue weighted by Crippen LogP contribution is -2.31. The minimum atomic E-state index is 0.570. The van der Waals surface area contributed by atoms with Gasteiger partial charge in [0.05, 0.1) is 6.61 Å². The van der Waals surface area contributed by atoms with Crippen LogP contribution in [-0.2, 0) is 0 Å². The van der Waals surface area contributed by atoms with Crippen molar-refractivity contribution >= 4 is 5.84 Å². The number of hydrogen-bond donors (Lipinski definition) is 2. The summed E-state index contributed by atoms with van der Waals surface area (Å²) in [4.78, 5) is 3.94. The highest BCUT2D eigenvalue weighted by Gasteiger charge is 1.96. The highest BCUT2D eigenvalue weighted by molar-refractivity contribution is 5.81. The van der Waals surface area contributed by atoms with Crippen molar-refractivity contribution in [3.63, 3.8) is 0 Å². The molecular weight excluding hydrogens is 178 g/mol. The second kappa shape index (κ2) is 5.99. The van der Waals surface area contributed by atoms with Crippen LogP contribution in [0.3, 0.4) is 0 Å². The third kappa shape index (κ3) is 3.45. The standard InChI is InChI=1S/C10H15N3O/c1-12-10(13-11)7-8-14-9-5-3-2-4-6-9/h2-6H,7-8,11H2,1H3,(H,12,13). The molecule has 0 unspecified atom stereocenters. The maximum Gasteiger partial charge on any atom is 0.119 e. The van der Waals surface area contributed by atoms with Crippen molar-refractivity contribution in [3.05, 3.63) is 30.3 Å². The van der Waals surface area contributed by atoms with Crippen LogP contribution in [0.2, 0.25) is 0 Å². The van der Waals surface area contributed by atoms with Gasteiger partial charge in [0.2, 0.25) is 0 Å². The van der Waals surface area contributed by atoms with Crippen LogP contribution in [0.5, 0.6) is 5.75 Å². The topological polar surface area (TPSA) is 59.6 Å². The molecule has 1 aromatic carbocycles. The van der Waals surface area contributed by atoms with E-state index in [-0.39, 0.29) is 0 Å². The molecule has 0 heterocycles. The molecule has 0 bridgehead atoms. The Morgan fingerprint density at radius 1 is 1.43 bits per heavy atom. The molecule has 0 aliphatic rings. The Morgan fingerprint density at radius 3 is 2.71 bits per heavy atom. The molecule has 0 amide bonds. The molecule has 1 rings (SSSR count). The van der Waals surface area contributed by atoms with Crippen LogP contribution in [0.25, 0.3) is 0 Å². The summed E-state index contributed by atoms with van der Waals surface area (Å²) in [7, 11) is 1.69. The minimum absolute atomic E-state index is 0.570. The van der Waals surface area contributed by atoms with Crippen molar-refractivity contribution in [1.29, 1.82) is 0 Å². The molecule has 4 heteroatoms. The van der Waals surface area contributed by atoms with Gasteiger partial charge in [-0.15, -0.1) is 0 Å². The molecule has 0 aromatic heterocycles. The quantitative estimate of drug-likeness (QED) is 0.324. The fraction of sp³-hybridized carbons (Fsp3) is 0.300. The maximum absolute atomic E-state index is 5.46. The van der Waals surface area contributed by atoms with Gasteiger partial charge in [-0.1, -0.05) is 18.2 Å². The van der Waals surface area contributed by atoms with Gasteiger partial charge < -0.3 is 10.2 Å². The molecular formula is C10H15N3O. The fourth-order valence-corrected chi connectivity index (χ4v) is 1.03. The fourth-order valence-electron chi connectivity index (χ4n) is 1.03. The smallest absolute Gasteiger partial charge is 0.119 e. The number of nitrogens with zero attached hydrogens (tertiary/aromatic N) is 1. The number of amidine groups is 1. The summed E-state index contributed by atoms with van der Waals surface area (Å²) in [5, 5.41) is 0. The van der Waals surface area contributed by atoms with Gasteiger partial charge in [-0.3, -0.25) is 4.99 Å². The molecule has 3 N–H and O–H groups in total. The van der Waals surface area contributed by atoms with Gasteiger partial charge in [0, 0.05) is 13.5 Å². The highest BCUT2D eigenvalue weighted by Crippen LogP contribution is 2.08. The summed E-state index contributed by atoms with van der Waals surface area (Å²) in [5.41, 5.74) is 2.51. The number of para-hydroxylation sites is 1. The lowest BCUT2D eigenvalue weighted by atomic mass is 10.3. The second-order valence-corrected chi connectivity index (χ2v) is 2.73. The Kier molecular flexibility index (Phi) is 4.50. The van der Waals surface area contributed by atoms with Gasteiger partial charge in [0.15, 0.2) is 0 Å². The van der Waals surface area contributed by atoms with E-state index in [0.29, 0.717) is 13.0 Å². The van der Waals surface area contributed by atoms with E-state index in [1.807, 2.05) is 30.3 Å². The maximum atomic E-state index is 5.46. The van der Waals surface area contributed by atoms with Crippen LogP contribution in [0.1, 0.15) is 6.42 Å². The Bertz CT molecular complexity index is 285. The van der Waals surface area contributed by atoms with E-state index in [2.05, 4.69) is 10.4 Å². The zero-order valence-corrected chi connectivity index (χ0v) is 8.23. The SMILES string of the molecule is CN=C(CCOc1ccccc1)NN. The van der Waals surface area contributed by atoms with E-state index in [0.717, 1.165) is 11.6 Å². The van der Waals surface area contributed by atoms with Crippen LogP contribution in [0.15, 0.2) is 35.3 Å². The number of ether oxygens (including phenoxy) is 1. The van der Waals surface area contributed by atoms with Crippen molar-refractivity contribution in [1.82, 2.24) is 5.43 Å². The molecule has 76 valence electrons. The van der Waals surface area contributed by atoms with E-state index < -0.39 is 0 Å². The van der Waals surface area contributed by atoms with Crippen LogP contribution < -0.4 is 16.0 Å². The zero-order chi connectivity index (χ0) is 10.2. The van der Waals surface area contributed by atoms with Gasteiger partial charge >= 0.3 is 0 Å². The van der Waals surface area contributed by atoms with E-state index in [4.69, 9.17) is 10.6 Å². The van der Waals surface area contributed by atoms with Gasteiger partial charge in [0.1, 0.15) is 11.6 Å². The zero-order valence-electron chi connectivity index (χ0n) is 8.23. The number of aliphatic imine (C=N–C) groups is 1. The molecule has 0 radical (unpaired) electrons. The van der Waals surface area contributed by atoms with Crippen LogP contribution in [-0.4, -0.2) is 19.5 Å². The summed E-state index contributed by atoms with van der Waals surface area (Å²) >= 11 is 0. The van der Waals surface area contributed by atoms with Gasteiger partial charge in [-0.05, 0) is 12.1 Å². The van der Waals surface area contributed by atoms with Crippen LogP contribution in [0, 0.1) is 0 Å². The number of benzene rings is 1. The molecule has 14 heavy (non-hydrogen) atoms. The number of nitrogens with one attached hydrogen (secondary N) is 1. The molecule has 0 fully saturated rings. The van der Waals surface area contributed by atoms with Crippen molar-refractivity contribution in [2.75, 3.05) is 13.7 Å². The normalized spacial score (nSPS) is 11.1. The first-order chi connectivity index (χ1) is 6.86. The molecule has 0 saturated heterocycles. The summed E-state index contributed by atoms with van der Waals surface area (Å²) in [6, 6.07) is 9.65. The first kappa shape index (κ1) is 10.5. The lowest BCUT2D eigenvalue weighted by molar-refractivity contribution is 0.328. The van der Waals surface area contributed by atoms with Crippen molar-refractivity contribution in [2.24, 2.45) is 10.8 Å². The molecule has 0 saturated carbocycles. The molecule has 0 spiro atoms. The number of nitrogens with two attached hydrogens (primary N) is 1. The van der Waals surface area contributed by atoms with Crippen molar-refractivity contribution in [2.45, 2.75) is 6.42 Å². The summed E-state index contributed by atoms with van der Waals surface area (Å²) in [6.07, 6.45) is 0.682. The monoisotopic (exact) mass is 193 g/mol. The van der Waals surface area contributed by atoms with E-state index in [1.54, 1.807) is 7.05 Å². The Morgan fingerprint density at radius 2 is 2.14 bits per heavy atom. The molecule has 0 aliphatic heterocycles. The lowest BCUT2D eigenvalue weighted by Gasteiger charge is -2.06. The van der Waals surface area contributed by atoms with E-state index in [1.165, 1.54) is 0 Å². The average Bonchev–Trinajstić information content (AvgIpc) is 2.26. The third-order valence-electron chi connectivity index (χ3n) is 1.79. The number of hydrogen-bond acceptors (Lipinski definition) is 3. The third-order valence-corrected chi connectivity index (χ3v) is 1.79. The summed E-state index contributed by atoms with van der Waals surface area (Å²) in [6.45, 7) is 0.570. The van der Waals surface area contributed by atoms with Crippen LogP contribution in [0.4, 0.5) is 0 Å². The average molecular weight is 193 g/mol.